The Balaban J connectivity index is 1.88. The molecule has 1 fully saturated rings. The molecule has 1 aromatic carbocycles. The van der Waals surface area contributed by atoms with Crippen LogP contribution in [-0.2, 0) is 19.4 Å². The number of benzene rings is 1. The van der Waals surface area contributed by atoms with Crippen LogP contribution >= 0.6 is 11.3 Å². The third-order valence-electron chi connectivity index (χ3n) is 4.07. The monoisotopic (exact) mass is 464 g/mol. The number of amides is 2. The van der Waals surface area contributed by atoms with E-state index in [9.17, 15) is 31.2 Å². The Morgan fingerprint density at radius 1 is 1.23 bits per heavy atom. The van der Waals surface area contributed by atoms with Crippen LogP contribution in [-0.4, -0.2) is 39.3 Å². The Labute approximate surface area is 172 Å². The third kappa shape index (κ3) is 4.91. The lowest BCUT2D eigenvalue weighted by atomic mass is 10.2. The second-order valence-corrected chi connectivity index (χ2v) is 9.41. The molecule has 1 atom stereocenters. The first-order chi connectivity index (χ1) is 14.0. The SMILES string of the molecule is NC(=O)c1cc(S(=O)(=O)c2ccc(OC(F)(F)F)cc2)sc1NC(=O)C1CCCO1. The van der Waals surface area contributed by atoms with Crippen LogP contribution in [0.15, 0.2) is 39.4 Å². The fourth-order valence-electron chi connectivity index (χ4n) is 2.69. The van der Waals surface area contributed by atoms with Gasteiger partial charge in [0.05, 0.1) is 10.5 Å². The van der Waals surface area contributed by atoms with Crippen LogP contribution in [0.5, 0.6) is 5.75 Å². The molecule has 30 heavy (non-hydrogen) atoms. The molecule has 2 heterocycles. The number of nitrogens with one attached hydrogen (secondary N) is 1. The van der Waals surface area contributed by atoms with Gasteiger partial charge in [-0.15, -0.1) is 24.5 Å². The van der Waals surface area contributed by atoms with Gasteiger partial charge in [-0.25, -0.2) is 8.42 Å². The molecule has 8 nitrogen and oxygen atoms in total. The van der Waals surface area contributed by atoms with Crippen LogP contribution in [0.4, 0.5) is 18.2 Å². The lowest BCUT2D eigenvalue weighted by Crippen LogP contribution is -2.27. The zero-order chi connectivity index (χ0) is 22.1. The van der Waals surface area contributed by atoms with Crippen molar-refractivity contribution in [1.29, 1.82) is 0 Å². The first kappa shape index (κ1) is 22.1. The highest BCUT2D eigenvalue weighted by Gasteiger charge is 2.32. The van der Waals surface area contributed by atoms with Crippen molar-refractivity contribution in [2.24, 2.45) is 5.73 Å². The van der Waals surface area contributed by atoms with Crippen molar-refractivity contribution < 1.29 is 40.7 Å². The highest BCUT2D eigenvalue weighted by molar-refractivity contribution is 7.93. The number of anilines is 1. The maximum absolute atomic E-state index is 12.8. The molecule has 0 saturated carbocycles. The number of halogens is 3. The molecule has 0 bridgehead atoms. The number of carbonyl (C=O) groups is 2. The van der Waals surface area contributed by atoms with E-state index in [0.717, 1.165) is 30.3 Å². The van der Waals surface area contributed by atoms with Crippen molar-refractivity contribution in [2.75, 3.05) is 11.9 Å². The number of thiophene rings is 1. The number of carbonyl (C=O) groups excluding carboxylic acids is 2. The van der Waals surface area contributed by atoms with E-state index in [1.165, 1.54) is 0 Å². The summed E-state index contributed by atoms with van der Waals surface area (Å²) in [5, 5.41) is 2.40. The second kappa shape index (κ2) is 8.24. The number of hydrogen-bond acceptors (Lipinski definition) is 7. The van der Waals surface area contributed by atoms with Crippen molar-refractivity contribution in [3.05, 3.63) is 35.9 Å². The Bertz CT molecular complexity index is 1060. The summed E-state index contributed by atoms with van der Waals surface area (Å²) in [6.07, 6.45) is -4.45. The average Bonchev–Trinajstić information content (AvgIpc) is 3.31. The summed E-state index contributed by atoms with van der Waals surface area (Å²) >= 11 is 0.603. The Morgan fingerprint density at radius 2 is 1.90 bits per heavy atom. The van der Waals surface area contributed by atoms with E-state index in [2.05, 4.69) is 10.1 Å². The van der Waals surface area contributed by atoms with Crippen LogP contribution < -0.4 is 15.8 Å². The fourth-order valence-corrected chi connectivity index (χ4v) is 5.47. The average molecular weight is 464 g/mol. The van der Waals surface area contributed by atoms with Crippen molar-refractivity contribution in [2.45, 2.75) is 34.4 Å². The summed E-state index contributed by atoms with van der Waals surface area (Å²) in [5.41, 5.74) is 5.08. The van der Waals surface area contributed by atoms with Crippen molar-refractivity contribution in [3.8, 4) is 5.75 Å². The predicted molar refractivity (Wildman–Crippen MR) is 99.0 cm³/mol. The van der Waals surface area contributed by atoms with E-state index in [1.807, 2.05) is 0 Å². The highest BCUT2D eigenvalue weighted by Crippen LogP contribution is 2.35. The van der Waals surface area contributed by atoms with Gasteiger partial charge in [-0.2, -0.15) is 0 Å². The standard InChI is InChI=1S/C17H15F3N2O6S2/c18-17(19,20)28-9-3-5-10(6-4-9)30(25,26)13-8-11(14(21)23)16(29-13)22-15(24)12-2-1-7-27-12/h3-6,8,12H,1-2,7H2,(H2,21,23)(H,22,24). The second-order valence-electron chi connectivity index (χ2n) is 6.19. The number of ether oxygens (including phenoxy) is 2. The number of primary amides is 1. The molecule has 2 aromatic rings. The van der Waals surface area contributed by atoms with E-state index < -0.39 is 39.9 Å². The summed E-state index contributed by atoms with van der Waals surface area (Å²) < 4.78 is 71.0. The molecular formula is C17H15F3N2O6S2. The quantitative estimate of drug-likeness (QED) is 0.677. The molecule has 0 aliphatic carbocycles. The van der Waals surface area contributed by atoms with Crippen LogP contribution in [0.1, 0.15) is 23.2 Å². The summed E-state index contributed by atoms with van der Waals surface area (Å²) in [4.78, 5) is 23.6. The van der Waals surface area contributed by atoms with Crippen molar-refractivity contribution in [1.82, 2.24) is 0 Å². The molecule has 1 aromatic heterocycles. The van der Waals surface area contributed by atoms with Gasteiger partial charge in [-0.05, 0) is 43.2 Å². The van der Waals surface area contributed by atoms with E-state index >= 15 is 0 Å². The summed E-state index contributed by atoms with van der Waals surface area (Å²) in [5.74, 6) is -2.08. The number of sulfone groups is 1. The van der Waals surface area contributed by atoms with Gasteiger partial charge >= 0.3 is 6.36 Å². The first-order valence-corrected chi connectivity index (χ1v) is 10.7. The molecule has 0 radical (unpaired) electrons. The van der Waals surface area contributed by atoms with Gasteiger partial charge in [-0.1, -0.05) is 0 Å². The maximum Gasteiger partial charge on any atom is 0.573 e. The smallest absolute Gasteiger partial charge is 0.406 e. The lowest BCUT2D eigenvalue weighted by molar-refractivity contribution is -0.274. The zero-order valence-electron chi connectivity index (χ0n) is 15.1. The Hall–Kier alpha value is -2.64. The molecule has 2 amide bonds. The van der Waals surface area contributed by atoms with Gasteiger partial charge in [0.2, 0.25) is 9.84 Å². The number of hydrogen-bond donors (Lipinski definition) is 2. The van der Waals surface area contributed by atoms with E-state index in [1.54, 1.807) is 0 Å². The van der Waals surface area contributed by atoms with Crippen LogP contribution in [0.3, 0.4) is 0 Å². The fraction of sp³-hybridized carbons (Fsp3) is 0.294. The first-order valence-electron chi connectivity index (χ1n) is 8.44. The van der Waals surface area contributed by atoms with E-state index in [-0.39, 0.29) is 19.7 Å². The van der Waals surface area contributed by atoms with Gasteiger partial charge in [0.25, 0.3) is 11.8 Å². The summed E-state index contributed by atoms with van der Waals surface area (Å²) in [6.45, 7) is 0.416. The molecule has 1 saturated heterocycles. The Morgan fingerprint density at radius 3 is 2.43 bits per heavy atom. The predicted octanol–water partition coefficient (Wildman–Crippen LogP) is 2.70. The molecule has 0 spiro atoms. The van der Waals surface area contributed by atoms with Gasteiger partial charge in [-0.3, -0.25) is 9.59 Å². The molecule has 13 heteroatoms. The normalized spacial score (nSPS) is 17.0. The van der Waals surface area contributed by atoms with Crippen molar-refractivity contribution >= 4 is 38.0 Å². The Kier molecular flexibility index (Phi) is 6.06. The van der Waals surface area contributed by atoms with Gasteiger partial charge in [0.1, 0.15) is 21.1 Å². The minimum absolute atomic E-state index is 0.0569. The van der Waals surface area contributed by atoms with Crippen LogP contribution in [0, 0.1) is 0 Å². The number of nitrogens with two attached hydrogens (primary N) is 1. The minimum atomic E-state index is -4.92. The molecule has 1 aliphatic heterocycles. The van der Waals surface area contributed by atoms with E-state index in [0.29, 0.717) is 30.8 Å². The molecule has 162 valence electrons. The topological polar surface area (TPSA) is 125 Å². The van der Waals surface area contributed by atoms with Crippen LogP contribution in [0.2, 0.25) is 0 Å². The van der Waals surface area contributed by atoms with Gasteiger partial charge in [0, 0.05) is 6.61 Å². The number of rotatable bonds is 6. The molecule has 3 rings (SSSR count). The summed E-state index contributed by atoms with van der Waals surface area (Å²) in [6, 6.07) is 4.58. The van der Waals surface area contributed by atoms with Gasteiger partial charge in [0.15, 0.2) is 0 Å². The van der Waals surface area contributed by atoms with Gasteiger partial charge < -0.3 is 20.5 Å². The zero-order valence-corrected chi connectivity index (χ0v) is 16.7. The molecule has 1 unspecified atom stereocenters. The summed E-state index contributed by atoms with van der Waals surface area (Å²) in [7, 11) is -4.20. The van der Waals surface area contributed by atoms with E-state index in [4.69, 9.17) is 10.5 Å². The minimum Gasteiger partial charge on any atom is -0.406 e. The molecular weight excluding hydrogens is 449 g/mol. The largest absolute Gasteiger partial charge is 0.573 e. The van der Waals surface area contributed by atoms with Crippen molar-refractivity contribution in [3.63, 3.8) is 0 Å². The third-order valence-corrected chi connectivity index (χ3v) is 7.36. The maximum atomic E-state index is 12.8. The van der Waals surface area contributed by atoms with Crippen LogP contribution in [0.25, 0.3) is 0 Å². The highest BCUT2D eigenvalue weighted by atomic mass is 32.2. The molecule has 3 N–H and O–H groups in total. The molecule has 1 aliphatic rings. The number of alkyl halides is 3. The lowest BCUT2D eigenvalue weighted by Gasteiger charge is -2.09.